The summed E-state index contributed by atoms with van der Waals surface area (Å²) in [7, 11) is -3.37. The van der Waals surface area contributed by atoms with Crippen LogP contribution in [-0.4, -0.2) is 93.3 Å². The van der Waals surface area contributed by atoms with Crippen LogP contribution >= 0.6 is 0 Å². The number of aryl methyl sites for hydroxylation is 1. The van der Waals surface area contributed by atoms with Gasteiger partial charge in [-0.1, -0.05) is 48.5 Å². The molecule has 0 spiro atoms. The van der Waals surface area contributed by atoms with E-state index in [9.17, 15) is 93.9 Å². The zero-order valence-corrected chi connectivity index (χ0v) is 69.3. The normalized spacial score (nSPS) is 15.5. The van der Waals surface area contributed by atoms with Crippen molar-refractivity contribution in [1.82, 2.24) is 60.1 Å². The Morgan fingerprint density at radius 3 is 1.73 bits per heavy atom. The smallest absolute Gasteiger partial charge is 0.361 e. The van der Waals surface area contributed by atoms with Gasteiger partial charge in [0.25, 0.3) is 18.3 Å². The molecular weight excluding hydrogens is 1750 g/mol. The van der Waals surface area contributed by atoms with Crippen LogP contribution in [0.3, 0.4) is 0 Å². The minimum absolute atomic E-state index is 0.00659. The summed E-state index contributed by atoms with van der Waals surface area (Å²) in [6, 6.07) is 38.5. The summed E-state index contributed by atoms with van der Waals surface area (Å²) in [6.45, 7) is 1.18. The van der Waals surface area contributed by atoms with Crippen molar-refractivity contribution in [2.75, 3.05) is 6.26 Å². The van der Waals surface area contributed by atoms with Gasteiger partial charge in [0.05, 0.1) is 62.6 Å². The van der Waals surface area contributed by atoms with E-state index in [4.69, 9.17) is 0 Å². The Morgan fingerprint density at radius 2 is 1.13 bits per heavy atom. The highest BCUT2D eigenvalue weighted by Gasteiger charge is 2.67. The number of aromatic nitrogens is 10. The van der Waals surface area contributed by atoms with Crippen LogP contribution < -0.4 is 10.6 Å². The first-order valence-electron chi connectivity index (χ1n) is 40.3. The third-order valence-electron chi connectivity index (χ3n) is 22.4. The van der Waals surface area contributed by atoms with Crippen molar-refractivity contribution in [1.29, 1.82) is 0 Å². The summed E-state index contributed by atoms with van der Waals surface area (Å²) in [6.07, 6.45) is -0.541. The SMILES string of the molecule is CC(=O)c1cc(-c2cccnc2[C@@H](CC(=O)Cn2nc(C(F)(F)F)c3c2C(=O)CCC3(F)F)Cc2cc(F)cc(F)c2)ccc1F.Cc1cc(F)cc(C[C@H](NC(=O)Cc2c[nH]c3ccc(F)cc23)c2ncccc2-c2ccc(S(C)(=O)=O)cc2)c1.O=C(Cn1nc(C(F)F)c2c1C(F)(F)C1CC21)N[C@@H](Cc1cc(F)cc(F)c1)c1ncccc1-c1ccc2nccnc2c1. The van der Waals surface area contributed by atoms with Crippen LogP contribution in [0.2, 0.25) is 0 Å². The fraction of sp³-hybridized carbons (Fsp3) is 0.234. The molecule has 7 heterocycles. The molecular formula is C94H72F16N12O7S. The monoisotopic (exact) mass is 1820 g/mol. The third kappa shape index (κ3) is 20.0. The predicted molar refractivity (Wildman–Crippen MR) is 443 cm³/mol. The van der Waals surface area contributed by atoms with Crippen molar-refractivity contribution in [3.8, 4) is 33.4 Å². The van der Waals surface area contributed by atoms with Crippen LogP contribution in [0, 0.1) is 53.6 Å². The molecule has 17 rings (SSSR count). The van der Waals surface area contributed by atoms with Crippen molar-refractivity contribution in [2.24, 2.45) is 5.92 Å². The number of fused-ring (bicyclic) bond motifs is 6. The maximum absolute atomic E-state index is 15.1. The molecule has 0 radical (unpaired) electrons. The third-order valence-corrected chi connectivity index (χ3v) is 23.6. The van der Waals surface area contributed by atoms with Gasteiger partial charge in [0.15, 0.2) is 32.9 Å². The van der Waals surface area contributed by atoms with Crippen molar-refractivity contribution in [3.05, 3.63) is 332 Å². The lowest BCUT2D eigenvalue weighted by Gasteiger charge is -2.23. The Kier molecular flexibility index (Phi) is 25.6. The molecule has 0 bridgehead atoms. The fourth-order valence-corrected chi connectivity index (χ4v) is 17.4. The lowest BCUT2D eigenvalue weighted by Crippen LogP contribution is -2.35. The number of halogens is 16. The first-order chi connectivity index (χ1) is 61.7. The van der Waals surface area contributed by atoms with E-state index in [1.54, 1.807) is 86.2 Å². The molecule has 3 aliphatic carbocycles. The highest BCUT2D eigenvalue weighted by atomic mass is 32.2. The van der Waals surface area contributed by atoms with E-state index < -0.39 is 183 Å². The highest BCUT2D eigenvalue weighted by Crippen LogP contribution is 2.68. The van der Waals surface area contributed by atoms with Gasteiger partial charge in [-0.05, 0) is 199 Å². The second-order valence-corrected chi connectivity index (χ2v) is 33.8. The summed E-state index contributed by atoms with van der Waals surface area (Å²) >= 11 is 0. The molecule has 19 nitrogen and oxygen atoms in total. The number of nitrogens with zero attached hydrogens (tertiary/aromatic N) is 9. The minimum Gasteiger partial charge on any atom is -0.361 e. The lowest BCUT2D eigenvalue weighted by molar-refractivity contribution is -0.146. The van der Waals surface area contributed by atoms with Gasteiger partial charge in [-0.15, -0.1) is 0 Å². The second-order valence-electron chi connectivity index (χ2n) is 31.8. The molecule has 0 aliphatic heterocycles. The lowest BCUT2D eigenvalue weighted by atomic mass is 9.86. The summed E-state index contributed by atoms with van der Waals surface area (Å²) in [5, 5.41) is 13.4. The number of alkyl halides is 9. The average Bonchev–Trinajstić information content (AvgIpc) is 1.52. The van der Waals surface area contributed by atoms with Crippen LogP contribution in [0.1, 0.15) is 157 Å². The highest BCUT2D eigenvalue weighted by molar-refractivity contribution is 7.90. The number of sulfone groups is 1. The van der Waals surface area contributed by atoms with Crippen molar-refractivity contribution in [2.45, 2.75) is 132 Å². The van der Waals surface area contributed by atoms with E-state index >= 15 is 8.78 Å². The number of H-pyrrole nitrogens is 1. The Labute approximate surface area is 729 Å². The summed E-state index contributed by atoms with van der Waals surface area (Å²) < 4.78 is 252. The number of ketones is 3. The molecule has 1 fully saturated rings. The number of rotatable bonds is 25. The van der Waals surface area contributed by atoms with Crippen molar-refractivity contribution < 1.29 is 103 Å². The molecule has 130 heavy (non-hydrogen) atoms. The number of hydrogen-bond donors (Lipinski definition) is 3. The molecule has 1 saturated carbocycles. The predicted octanol–water partition coefficient (Wildman–Crippen LogP) is 19.9. The van der Waals surface area contributed by atoms with Gasteiger partial charge in [-0.2, -0.15) is 32.1 Å². The summed E-state index contributed by atoms with van der Waals surface area (Å²) in [5.41, 5.74) is 2.22. The summed E-state index contributed by atoms with van der Waals surface area (Å²) in [5.74, 6) is -18.9. The molecule has 2 unspecified atom stereocenters. The van der Waals surface area contributed by atoms with Crippen LogP contribution in [0.25, 0.3) is 55.3 Å². The zero-order valence-electron chi connectivity index (χ0n) is 68.5. The number of nitrogens with one attached hydrogen (secondary N) is 3. The molecule has 2 amide bonds. The zero-order chi connectivity index (χ0) is 92.7. The summed E-state index contributed by atoms with van der Waals surface area (Å²) in [4.78, 5) is 90.1. The molecule has 3 aliphatic rings. The number of hydrogen-bond acceptors (Lipinski definition) is 14. The fourth-order valence-electron chi connectivity index (χ4n) is 16.8. The Morgan fingerprint density at radius 1 is 0.577 bits per heavy atom. The molecule has 3 N–H and O–H groups in total. The Hall–Kier alpha value is -13.9. The quantitative estimate of drug-likeness (QED) is 0.0355. The molecule has 668 valence electrons. The second kappa shape index (κ2) is 36.7. The van der Waals surface area contributed by atoms with E-state index in [2.05, 4.69) is 50.7 Å². The number of Topliss-reactive ketones (excluding diaryl/α,β-unsaturated/α-hetero) is 3. The molecule has 5 atom stereocenters. The van der Waals surface area contributed by atoms with E-state index in [0.717, 1.165) is 60.2 Å². The molecule has 0 saturated heterocycles. The molecule has 7 aromatic carbocycles. The van der Waals surface area contributed by atoms with E-state index in [1.807, 2.05) is 12.1 Å². The standard InChI is InChI=1S/C32H23F8N3O3.C31H22F6N6O.C31H27F2N3O3S/c1-16(44)24-13-18(4-5-25(24)35)23-3-2-8-41-28(23)19(9-17-10-20(33)14-21(34)11-17)12-22(45)15-43-29-26(46)6-7-31(36,37)27(29)30(42-43)32(38,39)40;32-17-8-15(9-18(33)12-17)10-24(27-19(2-1-5-40-27)16-3-4-22-23(11-16)39-7-6-38-22)41-25(44)14-43-29-26(28(42-43)30(34)35)20-13-21(20)31(29,36)37;1-19-12-20(14-24(33)13-19)15-29(36-30(37)16-22-18-35-28-10-7-23(32)17-27(22)28)31-26(4-3-11-34-31)21-5-8-25(9-6-21)40(2,38)39/h2-5,8,10-11,13-14,19H,6-7,9,12,15H2,1H3;1-9,11-12,20-21,24,30H,10,13-14H2,(H,41,44);3-14,17-18,29,35H,15-16H2,1-2H3,(H,36,37)/t19-;20?,21?,24-;29-/m100/s1. The first kappa shape index (κ1) is 90.8. The van der Waals surface area contributed by atoms with Crippen LogP contribution in [0.4, 0.5) is 70.2 Å². The van der Waals surface area contributed by atoms with Gasteiger partial charge in [0, 0.05) is 120 Å². The maximum Gasteiger partial charge on any atom is 0.435 e. The first-order valence-corrected chi connectivity index (χ1v) is 42.2. The molecule has 36 heteroatoms. The Bertz CT molecular complexity index is 6840. The topological polar surface area (TPSA) is 259 Å². The van der Waals surface area contributed by atoms with E-state index in [0.29, 0.717) is 88.2 Å². The van der Waals surface area contributed by atoms with Gasteiger partial charge in [-0.25, -0.2) is 56.7 Å². The van der Waals surface area contributed by atoms with Crippen molar-refractivity contribution in [3.63, 3.8) is 0 Å². The largest absolute Gasteiger partial charge is 0.435 e. The number of amides is 2. The maximum atomic E-state index is 15.1. The average molecular weight is 1820 g/mol. The van der Waals surface area contributed by atoms with E-state index in [1.165, 1.54) is 73.2 Å². The van der Waals surface area contributed by atoms with Crippen LogP contribution in [-0.2, 0) is 81.0 Å². The van der Waals surface area contributed by atoms with Crippen molar-refractivity contribution >= 4 is 60.9 Å². The molecule has 14 aromatic rings. The van der Waals surface area contributed by atoms with Gasteiger partial charge in [0.2, 0.25) is 11.8 Å². The van der Waals surface area contributed by atoms with Gasteiger partial charge in [0.1, 0.15) is 70.9 Å². The number of aromatic amines is 1. The van der Waals surface area contributed by atoms with Crippen LogP contribution in [0.5, 0.6) is 0 Å². The van der Waals surface area contributed by atoms with E-state index in [-0.39, 0.29) is 76.7 Å². The van der Waals surface area contributed by atoms with Gasteiger partial charge in [-0.3, -0.25) is 58.3 Å². The minimum atomic E-state index is -5.35. The molecule has 7 aromatic heterocycles. The number of carbonyl (C=O) groups excluding carboxylic acids is 5. The Balaban J connectivity index is 0.000000150. The van der Waals surface area contributed by atoms with Gasteiger partial charge >= 0.3 is 6.18 Å². The number of carbonyl (C=O) groups is 5. The number of benzene rings is 7. The van der Waals surface area contributed by atoms with Crippen LogP contribution in [0.15, 0.2) is 212 Å². The number of pyridine rings is 3. The van der Waals surface area contributed by atoms with Gasteiger partial charge < -0.3 is 15.6 Å².